The van der Waals surface area contributed by atoms with Crippen molar-refractivity contribution in [2.75, 3.05) is 13.1 Å². The van der Waals surface area contributed by atoms with Crippen LogP contribution in [0.5, 0.6) is 0 Å². The predicted molar refractivity (Wildman–Crippen MR) is 82.8 cm³/mol. The lowest BCUT2D eigenvalue weighted by Gasteiger charge is -2.36. The van der Waals surface area contributed by atoms with Crippen molar-refractivity contribution in [3.63, 3.8) is 0 Å². The normalized spacial score (nSPS) is 21.5. The Bertz CT molecular complexity index is 463. The molecule has 5 heteroatoms. The first-order valence-corrected chi connectivity index (χ1v) is 8.17. The van der Waals surface area contributed by atoms with Gasteiger partial charge >= 0.3 is 0 Å². The van der Waals surface area contributed by atoms with Crippen molar-refractivity contribution in [3.8, 4) is 0 Å². The van der Waals surface area contributed by atoms with Crippen molar-refractivity contribution in [3.05, 3.63) is 16.1 Å². The lowest BCUT2D eigenvalue weighted by Crippen LogP contribution is -2.47. The third-order valence-electron chi connectivity index (χ3n) is 4.26. The summed E-state index contributed by atoms with van der Waals surface area (Å²) in [7, 11) is 0. The van der Waals surface area contributed by atoms with Crippen molar-refractivity contribution in [2.24, 2.45) is 11.3 Å². The van der Waals surface area contributed by atoms with E-state index in [4.69, 9.17) is 0 Å². The molecule has 1 aromatic rings. The van der Waals surface area contributed by atoms with Crippen LogP contribution in [0.25, 0.3) is 0 Å². The Hall–Kier alpha value is -0.940. The molecule has 2 N–H and O–H groups in total. The average Bonchev–Trinajstić information content (AvgIpc) is 2.86. The molecule has 2 heterocycles. The molecule has 0 bridgehead atoms. The molecule has 0 aliphatic carbocycles. The Kier molecular flexibility index (Phi) is 4.81. The first kappa shape index (κ1) is 15.4. The molecule has 4 nitrogen and oxygen atoms in total. The summed E-state index contributed by atoms with van der Waals surface area (Å²) in [6.07, 6.45) is 4.14. The summed E-state index contributed by atoms with van der Waals surface area (Å²) >= 11 is 1.65. The Labute approximate surface area is 125 Å². The standard InChI is InChI=1S/C15H25N3OS/c1-10-8-17-13(20-10)11(2)18-14(19)15(3,4)12-6-5-7-16-9-12/h8,11-12,16H,5-7,9H2,1-4H3,(H,18,19). The molecule has 1 aliphatic heterocycles. The van der Waals surface area contributed by atoms with Crippen LogP contribution in [-0.4, -0.2) is 24.0 Å². The van der Waals surface area contributed by atoms with Crippen LogP contribution in [0.15, 0.2) is 6.20 Å². The molecule has 112 valence electrons. The summed E-state index contributed by atoms with van der Waals surface area (Å²) in [6.45, 7) is 10.2. The summed E-state index contributed by atoms with van der Waals surface area (Å²) in [5.41, 5.74) is -0.339. The average molecular weight is 295 g/mol. The first-order chi connectivity index (χ1) is 9.41. The van der Waals surface area contributed by atoms with Crippen molar-refractivity contribution in [2.45, 2.75) is 46.6 Å². The van der Waals surface area contributed by atoms with Crippen LogP contribution in [-0.2, 0) is 4.79 Å². The Balaban J connectivity index is 1.99. The number of nitrogens with zero attached hydrogens (tertiary/aromatic N) is 1. The molecule has 2 atom stereocenters. The predicted octanol–water partition coefficient (Wildman–Crippen LogP) is 2.65. The van der Waals surface area contributed by atoms with Gasteiger partial charge in [-0.25, -0.2) is 4.98 Å². The Morgan fingerprint density at radius 1 is 1.60 bits per heavy atom. The van der Waals surface area contributed by atoms with Crippen molar-refractivity contribution in [1.82, 2.24) is 15.6 Å². The van der Waals surface area contributed by atoms with E-state index < -0.39 is 0 Å². The van der Waals surface area contributed by atoms with Gasteiger partial charge in [0, 0.05) is 16.5 Å². The maximum Gasteiger partial charge on any atom is 0.226 e. The smallest absolute Gasteiger partial charge is 0.226 e. The number of aryl methyl sites for hydroxylation is 1. The zero-order valence-corrected chi connectivity index (χ0v) is 13.6. The van der Waals surface area contributed by atoms with Crippen LogP contribution in [0.4, 0.5) is 0 Å². The molecule has 0 spiro atoms. The molecule has 1 aliphatic rings. The van der Waals surface area contributed by atoms with Gasteiger partial charge in [0.25, 0.3) is 0 Å². The third kappa shape index (κ3) is 3.38. The van der Waals surface area contributed by atoms with Crippen LogP contribution >= 0.6 is 11.3 Å². The van der Waals surface area contributed by atoms with Gasteiger partial charge in [-0.1, -0.05) is 13.8 Å². The minimum atomic E-state index is -0.339. The van der Waals surface area contributed by atoms with Crippen LogP contribution in [0.2, 0.25) is 0 Å². The van der Waals surface area contributed by atoms with Gasteiger partial charge in [0.2, 0.25) is 5.91 Å². The second-order valence-corrected chi connectivity index (χ2v) is 7.54. The van der Waals surface area contributed by atoms with Crippen molar-refractivity contribution < 1.29 is 4.79 Å². The van der Waals surface area contributed by atoms with Gasteiger partial charge in [-0.15, -0.1) is 11.3 Å². The highest BCUT2D eigenvalue weighted by atomic mass is 32.1. The van der Waals surface area contributed by atoms with E-state index >= 15 is 0 Å². The molecule has 2 rings (SSSR count). The van der Waals surface area contributed by atoms with Gasteiger partial charge in [0.1, 0.15) is 5.01 Å². The third-order valence-corrected chi connectivity index (χ3v) is 5.36. The van der Waals surface area contributed by atoms with E-state index in [1.54, 1.807) is 11.3 Å². The summed E-state index contributed by atoms with van der Waals surface area (Å²) in [5.74, 6) is 0.535. The van der Waals surface area contributed by atoms with Gasteiger partial charge in [-0.05, 0) is 45.7 Å². The fourth-order valence-electron chi connectivity index (χ4n) is 2.67. The van der Waals surface area contributed by atoms with Gasteiger partial charge in [-0.2, -0.15) is 0 Å². The topological polar surface area (TPSA) is 54.0 Å². The molecule has 0 aromatic carbocycles. The molecule has 20 heavy (non-hydrogen) atoms. The highest BCUT2D eigenvalue weighted by Gasteiger charge is 2.37. The van der Waals surface area contributed by atoms with Gasteiger partial charge in [0.05, 0.1) is 6.04 Å². The molecular weight excluding hydrogens is 270 g/mol. The highest BCUT2D eigenvalue weighted by Crippen LogP contribution is 2.33. The number of nitrogens with one attached hydrogen (secondary N) is 2. The summed E-state index contributed by atoms with van der Waals surface area (Å²) < 4.78 is 0. The summed E-state index contributed by atoms with van der Waals surface area (Å²) in [4.78, 5) is 18.1. The van der Waals surface area contributed by atoms with E-state index in [0.717, 1.165) is 30.9 Å². The number of amides is 1. The maximum atomic E-state index is 12.6. The number of aromatic nitrogens is 1. The fourth-order valence-corrected chi connectivity index (χ4v) is 3.45. The molecule has 2 unspecified atom stereocenters. The second kappa shape index (κ2) is 6.22. The van der Waals surface area contributed by atoms with Gasteiger partial charge in [-0.3, -0.25) is 4.79 Å². The van der Waals surface area contributed by atoms with E-state index in [0.29, 0.717) is 5.92 Å². The van der Waals surface area contributed by atoms with Crippen molar-refractivity contribution in [1.29, 1.82) is 0 Å². The number of thiazole rings is 1. The fraction of sp³-hybridized carbons (Fsp3) is 0.733. The lowest BCUT2D eigenvalue weighted by molar-refractivity contribution is -0.133. The van der Waals surface area contributed by atoms with E-state index in [9.17, 15) is 4.79 Å². The van der Waals surface area contributed by atoms with Crippen LogP contribution in [0.1, 0.15) is 49.5 Å². The monoisotopic (exact) mass is 295 g/mol. The second-order valence-electron chi connectivity index (χ2n) is 6.27. The minimum Gasteiger partial charge on any atom is -0.347 e. The lowest BCUT2D eigenvalue weighted by atomic mass is 9.74. The Morgan fingerprint density at radius 3 is 2.90 bits per heavy atom. The highest BCUT2D eigenvalue weighted by molar-refractivity contribution is 7.11. The quantitative estimate of drug-likeness (QED) is 0.898. The SMILES string of the molecule is Cc1cnc(C(C)NC(=O)C(C)(C)C2CCCNC2)s1. The molecule has 1 saturated heterocycles. The van der Waals surface area contributed by atoms with Gasteiger partial charge < -0.3 is 10.6 Å². The first-order valence-electron chi connectivity index (χ1n) is 7.35. The van der Waals surface area contributed by atoms with E-state index in [2.05, 4.69) is 29.5 Å². The number of carbonyl (C=O) groups is 1. The number of rotatable bonds is 4. The molecule has 1 aromatic heterocycles. The maximum absolute atomic E-state index is 12.6. The molecule has 1 amide bonds. The molecular formula is C15H25N3OS. The van der Waals surface area contributed by atoms with Crippen molar-refractivity contribution >= 4 is 17.2 Å². The zero-order chi connectivity index (χ0) is 14.8. The number of carbonyl (C=O) groups excluding carboxylic acids is 1. The zero-order valence-electron chi connectivity index (χ0n) is 12.8. The van der Waals surface area contributed by atoms with Gasteiger partial charge in [0.15, 0.2) is 0 Å². The number of hydrogen-bond donors (Lipinski definition) is 2. The summed E-state index contributed by atoms with van der Waals surface area (Å²) in [6, 6.07) is -0.0166. The number of piperidine rings is 1. The number of hydrogen-bond acceptors (Lipinski definition) is 4. The van der Waals surface area contributed by atoms with E-state index in [1.165, 1.54) is 4.88 Å². The molecule has 1 fully saturated rings. The Morgan fingerprint density at radius 2 is 2.35 bits per heavy atom. The largest absolute Gasteiger partial charge is 0.347 e. The van der Waals surface area contributed by atoms with Crippen LogP contribution in [0.3, 0.4) is 0 Å². The molecule has 0 radical (unpaired) electrons. The van der Waals surface area contributed by atoms with E-state index in [1.807, 2.05) is 20.0 Å². The van der Waals surface area contributed by atoms with Crippen LogP contribution < -0.4 is 10.6 Å². The van der Waals surface area contributed by atoms with E-state index in [-0.39, 0.29) is 17.4 Å². The summed E-state index contributed by atoms with van der Waals surface area (Å²) in [5, 5.41) is 7.50. The minimum absolute atomic E-state index is 0.0166. The van der Waals surface area contributed by atoms with Crippen LogP contribution in [0, 0.1) is 18.3 Å². The molecule has 0 saturated carbocycles.